The molecule has 1 atom stereocenters. The van der Waals surface area contributed by atoms with Gasteiger partial charge in [0.05, 0.1) is 12.9 Å². The van der Waals surface area contributed by atoms with E-state index in [-0.39, 0.29) is 5.38 Å². The smallest absolute Gasteiger partial charge is 0.0757 e. The number of rotatable bonds is 2. The highest BCUT2D eigenvalue weighted by molar-refractivity contribution is 9.12. The monoisotopic (exact) mass is 384 g/mol. The fraction of sp³-hybridized carbons (Fsp3) is 0.667. The molecule has 16 heavy (non-hydrogen) atoms. The molecule has 1 aliphatic carbocycles. The van der Waals surface area contributed by atoms with Crippen LogP contribution in [0.5, 0.6) is 0 Å². The summed E-state index contributed by atoms with van der Waals surface area (Å²) >= 11 is 15.4. The Balaban J connectivity index is 2.07. The minimum atomic E-state index is 0.171. The maximum atomic E-state index is 6.61. The van der Waals surface area contributed by atoms with E-state index in [2.05, 4.69) is 44.8 Å². The van der Waals surface area contributed by atoms with Gasteiger partial charge in [-0.3, -0.25) is 0 Å². The molecule has 1 heterocycles. The Morgan fingerprint density at radius 2 is 1.94 bits per heavy atom. The molecule has 0 bridgehead atoms. The molecule has 1 aliphatic rings. The SMILES string of the molecule is CC1CCC(C(Cl)c2cc(Br)sc2Br)CC1. The average Bonchev–Trinajstić information content (AvgIpc) is 2.58. The van der Waals surface area contributed by atoms with E-state index < -0.39 is 0 Å². The molecule has 1 fully saturated rings. The predicted molar refractivity (Wildman–Crippen MR) is 79.4 cm³/mol. The van der Waals surface area contributed by atoms with Crippen LogP contribution in [0.25, 0.3) is 0 Å². The Morgan fingerprint density at radius 3 is 2.44 bits per heavy atom. The second kappa shape index (κ2) is 5.73. The fourth-order valence-electron chi connectivity index (χ4n) is 2.37. The van der Waals surface area contributed by atoms with Crippen LogP contribution < -0.4 is 0 Å². The van der Waals surface area contributed by atoms with E-state index in [1.165, 1.54) is 35.0 Å². The van der Waals surface area contributed by atoms with Crippen molar-refractivity contribution >= 4 is 54.8 Å². The molecular formula is C12H15Br2ClS. The van der Waals surface area contributed by atoms with Crippen molar-refractivity contribution < 1.29 is 0 Å². The third kappa shape index (κ3) is 3.04. The van der Waals surface area contributed by atoms with Gasteiger partial charge in [-0.1, -0.05) is 19.8 Å². The Kier molecular flexibility index (Phi) is 4.79. The lowest BCUT2D eigenvalue weighted by atomic mass is 9.80. The van der Waals surface area contributed by atoms with Crippen LogP contribution in [0.3, 0.4) is 0 Å². The lowest BCUT2D eigenvalue weighted by Crippen LogP contribution is -2.16. The van der Waals surface area contributed by atoms with Crippen LogP contribution in [0.4, 0.5) is 0 Å². The third-order valence-corrected chi connectivity index (χ3v) is 6.43. The summed E-state index contributed by atoms with van der Waals surface area (Å²) in [5, 5.41) is 0.171. The van der Waals surface area contributed by atoms with Gasteiger partial charge in [0.15, 0.2) is 0 Å². The van der Waals surface area contributed by atoms with E-state index in [1.54, 1.807) is 11.3 Å². The summed E-state index contributed by atoms with van der Waals surface area (Å²) in [6.07, 6.45) is 5.21. The van der Waals surface area contributed by atoms with E-state index in [0.717, 1.165) is 9.70 Å². The number of halogens is 3. The van der Waals surface area contributed by atoms with Crippen molar-refractivity contribution in [2.45, 2.75) is 38.0 Å². The van der Waals surface area contributed by atoms with E-state index in [9.17, 15) is 0 Å². The number of hydrogen-bond donors (Lipinski definition) is 0. The molecular weight excluding hydrogens is 371 g/mol. The summed E-state index contributed by atoms with van der Waals surface area (Å²) < 4.78 is 2.34. The van der Waals surface area contributed by atoms with Gasteiger partial charge in [0.1, 0.15) is 0 Å². The van der Waals surface area contributed by atoms with Crippen molar-refractivity contribution in [2.75, 3.05) is 0 Å². The molecule has 90 valence electrons. The molecule has 1 aromatic heterocycles. The minimum absolute atomic E-state index is 0.171. The van der Waals surface area contributed by atoms with Crippen molar-refractivity contribution in [1.29, 1.82) is 0 Å². The molecule has 4 heteroatoms. The van der Waals surface area contributed by atoms with Crippen molar-refractivity contribution in [3.05, 3.63) is 19.2 Å². The summed E-state index contributed by atoms with van der Waals surface area (Å²) in [7, 11) is 0. The highest BCUT2D eigenvalue weighted by Crippen LogP contribution is 2.45. The number of thiophene rings is 1. The largest absolute Gasteiger partial charge is 0.121 e. The van der Waals surface area contributed by atoms with Gasteiger partial charge in [-0.25, -0.2) is 0 Å². The number of hydrogen-bond acceptors (Lipinski definition) is 1. The van der Waals surface area contributed by atoms with Gasteiger partial charge >= 0.3 is 0 Å². The molecule has 1 unspecified atom stereocenters. The standard InChI is InChI=1S/C12H15Br2ClS/c1-7-2-4-8(5-3-7)11(15)9-6-10(13)16-12(9)14/h6-8,11H,2-5H2,1H3. The van der Waals surface area contributed by atoms with Crippen molar-refractivity contribution in [2.24, 2.45) is 11.8 Å². The molecule has 1 aromatic rings. The molecule has 0 spiro atoms. The Hall–Kier alpha value is 0.950. The van der Waals surface area contributed by atoms with Crippen LogP contribution in [0, 0.1) is 11.8 Å². The second-order valence-corrected chi connectivity index (χ2v) is 8.92. The third-order valence-electron chi connectivity index (χ3n) is 3.45. The summed E-state index contributed by atoms with van der Waals surface area (Å²) in [6.45, 7) is 2.34. The molecule has 0 radical (unpaired) electrons. The minimum Gasteiger partial charge on any atom is -0.121 e. The Labute approximate surface area is 123 Å². The lowest BCUT2D eigenvalue weighted by Gasteiger charge is -2.29. The van der Waals surface area contributed by atoms with Crippen molar-refractivity contribution in [3.8, 4) is 0 Å². The van der Waals surface area contributed by atoms with Gasteiger partial charge in [0.25, 0.3) is 0 Å². The van der Waals surface area contributed by atoms with Crippen LogP contribution in [-0.4, -0.2) is 0 Å². The zero-order valence-electron chi connectivity index (χ0n) is 9.18. The van der Waals surface area contributed by atoms with Gasteiger partial charge in [-0.05, 0) is 68.2 Å². The first-order valence-electron chi connectivity index (χ1n) is 5.66. The first-order chi connectivity index (χ1) is 7.58. The van der Waals surface area contributed by atoms with Gasteiger partial charge in [-0.2, -0.15) is 0 Å². The molecule has 0 aromatic carbocycles. The molecule has 0 N–H and O–H groups in total. The Bertz CT molecular complexity index is 356. The van der Waals surface area contributed by atoms with Crippen LogP contribution in [-0.2, 0) is 0 Å². The molecule has 1 saturated carbocycles. The molecule has 0 nitrogen and oxygen atoms in total. The first kappa shape index (κ1) is 13.4. The second-order valence-electron chi connectivity index (χ2n) is 4.70. The molecule has 0 aliphatic heterocycles. The lowest BCUT2D eigenvalue weighted by molar-refractivity contribution is 0.283. The van der Waals surface area contributed by atoms with Gasteiger partial charge in [0, 0.05) is 0 Å². The summed E-state index contributed by atoms with van der Waals surface area (Å²) in [5.74, 6) is 1.54. The summed E-state index contributed by atoms with van der Waals surface area (Å²) in [6, 6.07) is 2.16. The van der Waals surface area contributed by atoms with Crippen LogP contribution in [0.2, 0.25) is 0 Å². The fourth-order valence-corrected chi connectivity index (χ4v) is 5.92. The maximum absolute atomic E-state index is 6.61. The average molecular weight is 387 g/mol. The highest BCUT2D eigenvalue weighted by Gasteiger charge is 2.27. The van der Waals surface area contributed by atoms with Crippen LogP contribution in [0.1, 0.15) is 43.5 Å². The zero-order chi connectivity index (χ0) is 11.7. The quantitative estimate of drug-likeness (QED) is 0.517. The van der Waals surface area contributed by atoms with E-state index in [4.69, 9.17) is 11.6 Å². The van der Waals surface area contributed by atoms with Crippen LogP contribution >= 0.6 is 54.8 Å². The van der Waals surface area contributed by atoms with E-state index in [0.29, 0.717) is 5.92 Å². The van der Waals surface area contributed by atoms with Crippen LogP contribution in [0.15, 0.2) is 13.6 Å². The van der Waals surface area contributed by atoms with E-state index in [1.807, 2.05) is 0 Å². The van der Waals surface area contributed by atoms with Gasteiger partial charge in [-0.15, -0.1) is 22.9 Å². The van der Waals surface area contributed by atoms with Crippen molar-refractivity contribution in [3.63, 3.8) is 0 Å². The van der Waals surface area contributed by atoms with Gasteiger partial charge < -0.3 is 0 Å². The first-order valence-corrected chi connectivity index (χ1v) is 8.50. The topological polar surface area (TPSA) is 0 Å². The molecule has 0 amide bonds. The van der Waals surface area contributed by atoms with E-state index >= 15 is 0 Å². The summed E-state index contributed by atoms with van der Waals surface area (Å²) in [4.78, 5) is 0. The number of alkyl halides is 1. The molecule has 0 saturated heterocycles. The molecule has 2 rings (SSSR count). The maximum Gasteiger partial charge on any atom is 0.0757 e. The Morgan fingerprint density at radius 1 is 1.31 bits per heavy atom. The summed E-state index contributed by atoms with van der Waals surface area (Å²) in [5.41, 5.74) is 1.26. The normalized spacial score (nSPS) is 28.0. The van der Waals surface area contributed by atoms with Gasteiger partial charge in [0.2, 0.25) is 0 Å². The van der Waals surface area contributed by atoms with Crippen molar-refractivity contribution in [1.82, 2.24) is 0 Å². The zero-order valence-corrected chi connectivity index (χ0v) is 13.9. The highest BCUT2D eigenvalue weighted by atomic mass is 79.9. The predicted octanol–water partition coefficient (Wildman–Crippen LogP) is 6.38.